The van der Waals surface area contributed by atoms with Gasteiger partial charge in [0.2, 0.25) is 11.8 Å². The van der Waals surface area contributed by atoms with E-state index in [0.29, 0.717) is 23.6 Å². The minimum Gasteiger partial charge on any atom is -0.326 e. The second-order valence-electron chi connectivity index (χ2n) is 6.40. The Balaban J connectivity index is 1.88. The number of carbonyl (C=O) groups excluding carboxylic acids is 3. The third-order valence-corrected chi connectivity index (χ3v) is 4.70. The van der Waals surface area contributed by atoms with Crippen LogP contribution in [0.4, 0.5) is 5.69 Å². The molecule has 7 heteroatoms. The predicted molar refractivity (Wildman–Crippen MR) is 102 cm³/mol. The van der Waals surface area contributed by atoms with Crippen LogP contribution in [0, 0.1) is 0 Å². The van der Waals surface area contributed by atoms with E-state index in [1.54, 1.807) is 42.7 Å². The molecule has 2 aromatic rings. The van der Waals surface area contributed by atoms with Gasteiger partial charge in [-0.15, -0.1) is 0 Å². The molecule has 3 rings (SSSR count). The van der Waals surface area contributed by atoms with Crippen molar-refractivity contribution in [2.45, 2.75) is 38.8 Å². The SMILES string of the molecule is CCCC(=O)N(Cc1cccnc1)C1CC(=O)N(c2ccc(Cl)cc2)C1=O. The number of carbonyl (C=O) groups is 3. The van der Waals surface area contributed by atoms with Gasteiger partial charge in [-0.25, -0.2) is 4.90 Å². The van der Waals surface area contributed by atoms with Crippen LogP contribution in [0.3, 0.4) is 0 Å². The summed E-state index contributed by atoms with van der Waals surface area (Å²) in [7, 11) is 0. The molecular formula is C20H20ClN3O3. The molecule has 2 heterocycles. The number of imide groups is 1. The van der Waals surface area contributed by atoms with Crippen molar-refractivity contribution >= 4 is 35.0 Å². The fraction of sp³-hybridized carbons (Fsp3) is 0.300. The van der Waals surface area contributed by atoms with Gasteiger partial charge < -0.3 is 4.90 Å². The minimum atomic E-state index is -0.813. The zero-order chi connectivity index (χ0) is 19.4. The second-order valence-corrected chi connectivity index (χ2v) is 6.83. The molecular weight excluding hydrogens is 366 g/mol. The third kappa shape index (κ3) is 4.17. The van der Waals surface area contributed by atoms with Gasteiger partial charge in [-0.2, -0.15) is 0 Å². The molecule has 1 saturated heterocycles. The van der Waals surface area contributed by atoms with Gasteiger partial charge in [-0.05, 0) is 42.3 Å². The van der Waals surface area contributed by atoms with Crippen LogP contribution in [0.25, 0.3) is 0 Å². The summed E-state index contributed by atoms with van der Waals surface area (Å²) in [6, 6.07) is 9.31. The number of aromatic nitrogens is 1. The zero-order valence-electron chi connectivity index (χ0n) is 15.0. The van der Waals surface area contributed by atoms with Crippen LogP contribution in [0.1, 0.15) is 31.7 Å². The van der Waals surface area contributed by atoms with Crippen molar-refractivity contribution in [2.24, 2.45) is 0 Å². The molecule has 3 amide bonds. The smallest absolute Gasteiger partial charge is 0.257 e. The maximum atomic E-state index is 13.0. The van der Waals surface area contributed by atoms with Crippen molar-refractivity contribution in [3.63, 3.8) is 0 Å². The Bertz CT molecular complexity index is 839. The van der Waals surface area contributed by atoms with E-state index in [1.165, 1.54) is 4.90 Å². The van der Waals surface area contributed by atoms with E-state index in [-0.39, 0.29) is 24.8 Å². The standard InChI is InChI=1S/C20H20ClN3O3/c1-2-4-18(25)23(13-14-5-3-10-22-12-14)17-11-19(26)24(20(17)27)16-8-6-15(21)7-9-16/h3,5-10,12,17H,2,4,11,13H2,1H3. The van der Waals surface area contributed by atoms with Crippen molar-refractivity contribution in [1.29, 1.82) is 0 Å². The van der Waals surface area contributed by atoms with Gasteiger partial charge in [0.25, 0.3) is 5.91 Å². The largest absolute Gasteiger partial charge is 0.326 e. The highest BCUT2D eigenvalue weighted by atomic mass is 35.5. The highest BCUT2D eigenvalue weighted by Gasteiger charge is 2.44. The van der Waals surface area contributed by atoms with Crippen molar-refractivity contribution in [1.82, 2.24) is 9.88 Å². The zero-order valence-corrected chi connectivity index (χ0v) is 15.7. The molecule has 1 aliphatic rings. The van der Waals surface area contributed by atoms with E-state index in [1.807, 2.05) is 13.0 Å². The van der Waals surface area contributed by atoms with E-state index in [4.69, 9.17) is 11.6 Å². The maximum absolute atomic E-state index is 13.0. The summed E-state index contributed by atoms with van der Waals surface area (Å²) in [5.74, 6) is -0.867. The van der Waals surface area contributed by atoms with Crippen LogP contribution in [0.5, 0.6) is 0 Å². The molecule has 0 N–H and O–H groups in total. The van der Waals surface area contributed by atoms with Crippen LogP contribution in [0.15, 0.2) is 48.8 Å². The Hall–Kier alpha value is -2.73. The lowest BCUT2D eigenvalue weighted by Gasteiger charge is -2.27. The number of hydrogen-bond donors (Lipinski definition) is 0. The molecule has 0 saturated carbocycles. The molecule has 1 atom stereocenters. The number of halogens is 1. The van der Waals surface area contributed by atoms with Gasteiger partial charge in [0.15, 0.2) is 0 Å². The van der Waals surface area contributed by atoms with Crippen LogP contribution >= 0.6 is 11.6 Å². The van der Waals surface area contributed by atoms with E-state index in [9.17, 15) is 14.4 Å². The lowest BCUT2D eigenvalue weighted by molar-refractivity contribution is -0.139. The van der Waals surface area contributed by atoms with Gasteiger partial charge in [0.1, 0.15) is 6.04 Å². The summed E-state index contributed by atoms with van der Waals surface area (Å²) in [6.45, 7) is 2.15. The van der Waals surface area contributed by atoms with E-state index in [2.05, 4.69) is 4.98 Å². The lowest BCUT2D eigenvalue weighted by atomic mass is 10.1. The fourth-order valence-corrected chi connectivity index (χ4v) is 3.26. The van der Waals surface area contributed by atoms with Crippen molar-refractivity contribution in [3.8, 4) is 0 Å². The van der Waals surface area contributed by atoms with Gasteiger partial charge >= 0.3 is 0 Å². The van der Waals surface area contributed by atoms with E-state index >= 15 is 0 Å². The summed E-state index contributed by atoms with van der Waals surface area (Å²) in [5, 5.41) is 0.519. The molecule has 0 bridgehead atoms. The van der Waals surface area contributed by atoms with Gasteiger partial charge in [-0.3, -0.25) is 19.4 Å². The monoisotopic (exact) mass is 385 g/mol. The highest BCUT2D eigenvalue weighted by molar-refractivity contribution is 6.30. The lowest BCUT2D eigenvalue weighted by Crippen LogP contribution is -2.45. The Morgan fingerprint density at radius 2 is 2.00 bits per heavy atom. The summed E-state index contributed by atoms with van der Waals surface area (Å²) in [6.07, 6.45) is 4.26. The maximum Gasteiger partial charge on any atom is 0.257 e. The number of nitrogens with zero attached hydrogens (tertiary/aromatic N) is 3. The number of benzene rings is 1. The Labute approximate surface area is 162 Å². The third-order valence-electron chi connectivity index (χ3n) is 4.44. The molecule has 1 unspecified atom stereocenters. The second kappa shape index (κ2) is 8.31. The average molecular weight is 386 g/mol. The first-order chi connectivity index (χ1) is 13.0. The Morgan fingerprint density at radius 3 is 2.63 bits per heavy atom. The topological polar surface area (TPSA) is 70.6 Å². The van der Waals surface area contributed by atoms with Gasteiger partial charge in [0, 0.05) is 30.4 Å². The molecule has 0 radical (unpaired) electrons. The van der Waals surface area contributed by atoms with Gasteiger partial charge in [0.05, 0.1) is 12.1 Å². The molecule has 27 heavy (non-hydrogen) atoms. The van der Waals surface area contributed by atoms with Crippen molar-refractivity contribution in [3.05, 3.63) is 59.4 Å². The van der Waals surface area contributed by atoms with Crippen LogP contribution in [-0.2, 0) is 20.9 Å². The molecule has 1 aliphatic heterocycles. The predicted octanol–water partition coefficient (Wildman–Crippen LogP) is 3.20. The molecule has 1 aromatic carbocycles. The number of anilines is 1. The average Bonchev–Trinajstić information content (AvgIpc) is 2.96. The molecule has 140 valence electrons. The fourth-order valence-electron chi connectivity index (χ4n) is 3.14. The first kappa shape index (κ1) is 19.0. The first-order valence-electron chi connectivity index (χ1n) is 8.82. The number of rotatable bonds is 6. The van der Waals surface area contributed by atoms with Crippen LogP contribution < -0.4 is 4.90 Å². The number of hydrogen-bond acceptors (Lipinski definition) is 4. The number of amides is 3. The molecule has 0 aliphatic carbocycles. The first-order valence-corrected chi connectivity index (χ1v) is 9.19. The molecule has 1 fully saturated rings. The van der Waals surface area contributed by atoms with Crippen molar-refractivity contribution in [2.75, 3.05) is 4.90 Å². The quantitative estimate of drug-likeness (QED) is 0.716. The highest BCUT2D eigenvalue weighted by Crippen LogP contribution is 2.28. The number of pyridine rings is 1. The summed E-state index contributed by atoms with van der Waals surface area (Å²) in [5.41, 5.74) is 1.27. The molecule has 0 spiro atoms. The normalized spacial score (nSPS) is 16.7. The van der Waals surface area contributed by atoms with E-state index in [0.717, 1.165) is 10.5 Å². The van der Waals surface area contributed by atoms with Crippen molar-refractivity contribution < 1.29 is 14.4 Å². The van der Waals surface area contributed by atoms with Crippen LogP contribution in [0.2, 0.25) is 5.02 Å². The van der Waals surface area contributed by atoms with Crippen LogP contribution in [-0.4, -0.2) is 33.6 Å². The Kier molecular flexibility index (Phi) is 5.86. The minimum absolute atomic E-state index is 0.0306. The van der Waals surface area contributed by atoms with Gasteiger partial charge in [-0.1, -0.05) is 24.6 Å². The summed E-state index contributed by atoms with van der Waals surface area (Å²) < 4.78 is 0. The summed E-state index contributed by atoms with van der Waals surface area (Å²) >= 11 is 5.89. The van der Waals surface area contributed by atoms with E-state index < -0.39 is 11.9 Å². The summed E-state index contributed by atoms with van der Waals surface area (Å²) in [4.78, 5) is 44.9. The molecule has 6 nitrogen and oxygen atoms in total. The molecule has 1 aromatic heterocycles. The Morgan fingerprint density at radius 1 is 1.26 bits per heavy atom.